The zero-order chi connectivity index (χ0) is 23.2. The fourth-order valence-corrected chi connectivity index (χ4v) is 3.95. The SMILES string of the molecule is C=C(/C=C\C(=C/C)S(=O)(=O)Nc1ccc(Cl)cc1C(=O)c1ccncc1)C(C)(C)CC. The molecular formula is C24H27ClN2O3S. The van der Waals surface area contributed by atoms with Gasteiger partial charge in [-0.25, -0.2) is 8.42 Å². The number of nitrogens with zero attached hydrogens (tertiary/aromatic N) is 1. The summed E-state index contributed by atoms with van der Waals surface area (Å²) in [5, 5.41) is 0.324. The first-order chi connectivity index (χ1) is 14.5. The Bertz CT molecular complexity index is 1130. The fraction of sp³-hybridized carbons (Fsp3) is 0.250. The lowest BCUT2D eigenvalue weighted by molar-refractivity contribution is 0.103. The molecule has 0 amide bonds. The van der Waals surface area contributed by atoms with Gasteiger partial charge < -0.3 is 0 Å². The van der Waals surface area contributed by atoms with Crippen molar-refractivity contribution in [3.8, 4) is 0 Å². The number of sulfonamides is 1. The van der Waals surface area contributed by atoms with E-state index in [9.17, 15) is 13.2 Å². The van der Waals surface area contributed by atoms with E-state index in [4.69, 9.17) is 11.6 Å². The highest BCUT2D eigenvalue weighted by molar-refractivity contribution is 7.96. The molecule has 0 saturated heterocycles. The standard InChI is InChI=1S/C24H27ClN2O3S/c1-6-20(10-8-17(3)24(4,5)7-2)31(29,30)27-22-11-9-19(25)16-21(22)23(28)18-12-14-26-15-13-18/h6,8-16,27H,3,7H2,1-2,4-5H3/b10-8-,20-6+. The van der Waals surface area contributed by atoms with Gasteiger partial charge in [0.25, 0.3) is 10.0 Å². The van der Waals surface area contributed by atoms with Crippen molar-refractivity contribution in [2.24, 2.45) is 5.41 Å². The van der Waals surface area contributed by atoms with E-state index in [-0.39, 0.29) is 27.4 Å². The maximum Gasteiger partial charge on any atom is 0.261 e. The van der Waals surface area contributed by atoms with Crippen LogP contribution in [0.5, 0.6) is 0 Å². The summed E-state index contributed by atoms with van der Waals surface area (Å²) in [6.45, 7) is 11.8. The number of halogens is 1. The molecule has 0 unspecified atom stereocenters. The van der Waals surface area contributed by atoms with Crippen LogP contribution in [-0.4, -0.2) is 19.2 Å². The van der Waals surface area contributed by atoms with Crippen molar-refractivity contribution in [1.29, 1.82) is 0 Å². The first-order valence-electron chi connectivity index (χ1n) is 9.82. The minimum Gasteiger partial charge on any atom is -0.289 e. The highest BCUT2D eigenvalue weighted by atomic mass is 35.5. The smallest absolute Gasteiger partial charge is 0.261 e. The van der Waals surface area contributed by atoms with Crippen molar-refractivity contribution in [2.45, 2.75) is 34.1 Å². The van der Waals surface area contributed by atoms with Gasteiger partial charge in [0.05, 0.1) is 10.6 Å². The van der Waals surface area contributed by atoms with Crippen molar-refractivity contribution < 1.29 is 13.2 Å². The number of benzene rings is 1. The van der Waals surface area contributed by atoms with Crippen molar-refractivity contribution in [3.63, 3.8) is 0 Å². The maximum atomic E-state index is 13.0. The average Bonchev–Trinajstić information content (AvgIpc) is 2.75. The van der Waals surface area contributed by atoms with Crippen molar-refractivity contribution >= 4 is 33.1 Å². The van der Waals surface area contributed by atoms with Gasteiger partial charge in [0.1, 0.15) is 0 Å². The van der Waals surface area contributed by atoms with Gasteiger partial charge in [-0.1, -0.05) is 51.1 Å². The molecule has 0 atom stereocenters. The first-order valence-corrected chi connectivity index (χ1v) is 11.7. The van der Waals surface area contributed by atoms with Crippen LogP contribution in [-0.2, 0) is 10.0 Å². The molecule has 7 heteroatoms. The topological polar surface area (TPSA) is 76.1 Å². The van der Waals surface area contributed by atoms with Crippen LogP contribution in [0.25, 0.3) is 0 Å². The number of aromatic nitrogens is 1. The summed E-state index contributed by atoms with van der Waals surface area (Å²) >= 11 is 6.08. The lowest BCUT2D eigenvalue weighted by Crippen LogP contribution is -2.17. The number of nitrogens with one attached hydrogen (secondary N) is 1. The van der Waals surface area contributed by atoms with E-state index in [1.807, 2.05) is 13.8 Å². The predicted octanol–water partition coefficient (Wildman–Crippen LogP) is 6.16. The molecule has 31 heavy (non-hydrogen) atoms. The van der Waals surface area contributed by atoms with Crippen LogP contribution in [0, 0.1) is 5.41 Å². The highest BCUT2D eigenvalue weighted by Gasteiger charge is 2.22. The summed E-state index contributed by atoms with van der Waals surface area (Å²) in [5.74, 6) is -0.363. The van der Waals surface area contributed by atoms with Crippen molar-refractivity contribution in [3.05, 3.63) is 94.2 Å². The van der Waals surface area contributed by atoms with Crippen LogP contribution in [0.4, 0.5) is 5.69 Å². The van der Waals surface area contributed by atoms with Gasteiger partial charge in [0, 0.05) is 28.5 Å². The number of hydrogen-bond acceptors (Lipinski definition) is 4. The van der Waals surface area contributed by atoms with E-state index < -0.39 is 10.0 Å². The average molecular weight is 459 g/mol. The third kappa shape index (κ3) is 6.15. The van der Waals surface area contributed by atoms with E-state index >= 15 is 0 Å². The van der Waals surface area contributed by atoms with Gasteiger partial charge in [0.2, 0.25) is 0 Å². The third-order valence-electron chi connectivity index (χ3n) is 5.21. The third-order valence-corrected chi connectivity index (χ3v) is 6.93. The van der Waals surface area contributed by atoms with Gasteiger partial charge in [-0.3, -0.25) is 14.5 Å². The maximum absolute atomic E-state index is 13.0. The largest absolute Gasteiger partial charge is 0.289 e. The zero-order valence-corrected chi connectivity index (χ0v) is 19.7. The molecule has 2 aromatic rings. The monoisotopic (exact) mass is 458 g/mol. The number of hydrogen-bond donors (Lipinski definition) is 1. The Hall–Kier alpha value is -2.70. The van der Waals surface area contributed by atoms with Crippen LogP contribution in [0.3, 0.4) is 0 Å². The molecule has 0 aliphatic carbocycles. The van der Waals surface area contributed by atoms with E-state index in [0.717, 1.165) is 12.0 Å². The molecule has 1 aromatic heterocycles. The van der Waals surface area contributed by atoms with Gasteiger partial charge in [0.15, 0.2) is 5.78 Å². The molecule has 0 fully saturated rings. The number of rotatable bonds is 9. The van der Waals surface area contributed by atoms with Crippen molar-refractivity contribution in [2.75, 3.05) is 4.72 Å². The lowest BCUT2D eigenvalue weighted by Gasteiger charge is -2.23. The fourth-order valence-electron chi connectivity index (χ4n) is 2.63. The Morgan fingerprint density at radius 2 is 1.84 bits per heavy atom. The second-order valence-electron chi connectivity index (χ2n) is 7.65. The van der Waals surface area contributed by atoms with Crippen LogP contribution < -0.4 is 4.72 Å². The molecule has 0 aliphatic rings. The Balaban J connectivity index is 2.38. The van der Waals surface area contributed by atoms with Gasteiger partial charge >= 0.3 is 0 Å². The number of ketones is 1. The number of carbonyl (C=O) groups is 1. The summed E-state index contributed by atoms with van der Waals surface area (Å²) in [4.78, 5) is 16.9. The Morgan fingerprint density at radius 3 is 2.42 bits per heavy atom. The van der Waals surface area contributed by atoms with Crippen LogP contribution in [0.1, 0.15) is 50.0 Å². The minimum atomic E-state index is -3.95. The Labute approximate surface area is 189 Å². The van der Waals surface area contributed by atoms with Gasteiger partial charge in [-0.2, -0.15) is 0 Å². The van der Waals surface area contributed by atoms with E-state index in [1.54, 1.807) is 25.1 Å². The van der Waals surface area contributed by atoms with Gasteiger partial charge in [-0.15, -0.1) is 0 Å². The second-order valence-corrected chi connectivity index (χ2v) is 9.77. The first kappa shape index (κ1) is 24.6. The Morgan fingerprint density at radius 1 is 1.19 bits per heavy atom. The van der Waals surface area contributed by atoms with Crippen molar-refractivity contribution in [1.82, 2.24) is 4.98 Å². The van der Waals surface area contributed by atoms with E-state index in [1.165, 1.54) is 42.7 Å². The Kier molecular flexibility index (Phi) is 7.98. The molecule has 0 spiro atoms. The molecular weight excluding hydrogens is 432 g/mol. The molecule has 1 heterocycles. The summed E-state index contributed by atoms with van der Waals surface area (Å²) in [5.41, 5.74) is 1.35. The molecule has 1 N–H and O–H groups in total. The number of pyridine rings is 1. The molecule has 0 saturated carbocycles. The highest BCUT2D eigenvalue weighted by Crippen LogP contribution is 2.30. The predicted molar refractivity (Wildman–Crippen MR) is 128 cm³/mol. The van der Waals surface area contributed by atoms with Crippen LogP contribution in [0.2, 0.25) is 5.02 Å². The second kappa shape index (κ2) is 10.1. The molecule has 2 rings (SSSR count). The summed E-state index contributed by atoms with van der Waals surface area (Å²) in [7, 11) is -3.95. The normalized spacial score (nSPS) is 12.7. The number of carbonyl (C=O) groups excluding carboxylic acids is 1. The zero-order valence-electron chi connectivity index (χ0n) is 18.1. The number of allylic oxidation sites excluding steroid dienone is 4. The molecule has 164 valence electrons. The minimum absolute atomic E-state index is 0.0674. The molecule has 1 aromatic carbocycles. The molecule has 0 bridgehead atoms. The molecule has 5 nitrogen and oxygen atoms in total. The summed E-state index contributed by atoms with van der Waals surface area (Å²) < 4.78 is 28.6. The van der Waals surface area contributed by atoms with Crippen LogP contribution in [0.15, 0.2) is 78.0 Å². The molecule has 0 aliphatic heterocycles. The number of anilines is 1. The molecule has 0 radical (unpaired) electrons. The quantitative estimate of drug-likeness (QED) is 0.360. The van der Waals surface area contributed by atoms with Gasteiger partial charge in [-0.05, 0) is 60.7 Å². The summed E-state index contributed by atoms with van der Waals surface area (Å²) in [6, 6.07) is 7.56. The van der Waals surface area contributed by atoms with E-state index in [2.05, 4.69) is 23.2 Å². The van der Waals surface area contributed by atoms with Crippen LogP contribution >= 0.6 is 11.6 Å². The summed E-state index contributed by atoms with van der Waals surface area (Å²) in [6.07, 6.45) is 8.58. The van der Waals surface area contributed by atoms with E-state index in [0.29, 0.717) is 10.6 Å². The lowest BCUT2D eigenvalue weighted by atomic mass is 9.82.